The Labute approximate surface area is 70.0 Å². The second kappa shape index (κ2) is 7.58. The average Bonchev–Trinajstić information content (AvgIpc) is 1.61. The molecular formula is C5H5Cl2Fe-. The van der Waals surface area contributed by atoms with Crippen molar-refractivity contribution in [2.45, 2.75) is 4.84 Å². The number of hydrogen-bond donors (Lipinski definition) is 0. The van der Waals surface area contributed by atoms with Crippen molar-refractivity contribution in [3.05, 3.63) is 24.8 Å². The summed E-state index contributed by atoms with van der Waals surface area (Å²) in [5.41, 5.74) is 0. The first-order chi connectivity index (χ1) is 3.27. The number of alkyl halides is 2. The van der Waals surface area contributed by atoms with Gasteiger partial charge in [0.1, 0.15) is 4.84 Å². The van der Waals surface area contributed by atoms with Crippen LogP contribution in [0.5, 0.6) is 0 Å². The zero-order valence-electron chi connectivity index (χ0n) is 4.00. The van der Waals surface area contributed by atoms with Gasteiger partial charge in [0.25, 0.3) is 0 Å². The van der Waals surface area contributed by atoms with Gasteiger partial charge in [-0.2, -0.15) is 0 Å². The summed E-state index contributed by atoms with van der Waals surface area (Å²) in [6.45, 7) is 4.95. The predicted molar refractivity (Wildman–Crippen MR) is 33.5 cm³/mol. The molecule has 48 valence electrons. The summed E-state index contributed by atoms with van der Waals surface area (Å²) in [5, 5.41) is 0. The quantitative estimate of drug-likeness (QED) is 0.272. The number of allylic oxidation sites excluding steroid dienone is 3. The van der Waals surface area contributed by atoms with E-state index in [1.807, 2.05) is 0 Å². The summed E-state index contributed by atoms with van der Waals surface area (Å²) in [6.07, 6.45) is 4.53. The molecule has 0 saturated carbocycles. The van der Waals surface area contributed by atoms with Crippen LogP contribution in [-0.2, 0) is 17.1 Å². The molecule has 0 fully saturated rings. The van der Waals surface area contributed by atoms with E-state index < -0.39 is 4.84 Å². The largest absolute Gasteiger partial charge is 0.293 e. The molecule has 0 N–H and O–H groups in total. The zero-order valence-corrected chi connectivity index (χ0v) is 6.61. The van der Waals surface area contributed by atoms with Crippen molar-refractivity contribution in [1.82, 2.24) is 0 Å². The summed E-state index contributed by atoms with van der Waals surface area (Å²) < 4.78 is 0. The van der Waals surface area contributed by atoms with E-state index in [1.54, 1.807) is 12.2 Å². The van der Waals surface area contributed by atoms with Crippen molar-refractivity contribution in [1.29, 1.82) is 0 Å². The molecule has 0 nitrogen and oxygen atoms in total. The minimum atomic E-state index is -0.445. The summed E-state index contributed by atoms with van der Waals surface area (Å²) >= 11 is 10.5. The molecule has 3 heteroatoms. The van der Waals surface area contributed by atoms with Crippen LogP contribution in [0, 0.1) is 6.58 Å². The van der Waals surface area contributed by atoms with E-state index in [1.165, 1.54) is 6.08 Å². The minimum Gasteiger partial charge on any atom is -0.293 e. The van der Waals surface area contributed by atoms with Crippen molar-refractivity contribution >= 4 is 23.2 Å². The fraction of sp³-hybridized carbons (Fsp3) is 0.200. The van der Waals surface area contributed by atoms with Crippen molar-refractivity contribution in [3.8, 4) is 0 Å². The molecule has 0 spiro atoms. The third-order valence-electron chi connectivity index (χ3n) is 0.368. The maximum atomic E-state index is 5.26. The van der Waals surface area contributed by atoms with E-state index in [0.29, 0.717) is 0 Å². The van der Waals surface area contributed by atoms with Crippen molar-refractivity contribution < 1.29 is 17.1 Å². The zero-order chi connectivity index (χ0) is 5.70. The van der Waals surface area contributed by atoms with Crippen molar-refractivity contribution in [2.75, 3.05) is 0 Å². The molecule has 0 amide bonds. The van der Waals surface area contributed by atoms with Crippen LogP contribution < -0.4 is 0 Å². The van der Waals surface area contributed by atoms with Crippen molar-refractivity contribution in [2.24, 2.45) is 0 Å². The molecule has 0 rings (SSSR count). The van der Waals surface area contributed by atoms with Gasteiger partial charge in [0.05, 0.1) is 0 Å². The van der Waals surface area contributed by atoms with Gasteiger partial charge in [-0.1, -0.05) is 0 Å². The van der Waals surface area contributed by atoms with Crippen LogP contribution >= 0.6 is 23.2 Å². The molecule has 0 radical (unpaired) electrons. The summed E-state index contributed by atoms with van der Waals surface area (Å²) in [6, 6.07) is 0. The second-order valence-electron chi connectivity index (χ2n) is 0.912. The molecule has 0 aliphatic carbocycles. The summed E-state index contributed by atoms with van der Waals surface area (Å²) in [4.78, 5) is -0.445. The van der Waals surface area contributed by atoms with Crippen LogP contribution in [0.25, 0.3) is 0 Å². The SMILES string of the molecule is [CH-]=CC=CC(Cl)Cl.[Fe]. The van der Waals surface area contributed by atoms with Gasteiger partial charge < -0.3 is 0 Å². The topological polar surface area (TPSA) is 0 Å². The number of hydrogen-bond acceptors (Lipinski definition) is 0. The molecule has 0 aromatic carbocycles. The van der Waals surface area contributed by atoms with E-state index in [-0.39, 0.29) is 17.1 Å². The first-order valence-electron chi connectivity index (χ1n) is 1.77. The molecule has 8 heavy (non-hydrogen) atoms. The van der Waals surface area contributed by atoms with E-state index in [2.05, 4.69) is 0 Å². The third kappa shape index (κ3) is 9.77. The molecule has 0 saturated heterocycles. The Hall–Kier alpha value is 0.579. The van der Waals surface area contributed by atoms with Gasteiger partial charge in [-0.15, -0.1) is 29.3 Å². The minimum absolute atomic E-state index is 0. The van der Waals surface area contributed by atoms with Crippen LogP contribution in [0.2, 0.25) is 0 Å². The molecule has 0 aliphatic heterocycles. The fourth-order valence-electron chi connectivity index (χ4n) is 0.148. The van der Waals surface area contributed by atoms with Crippen LogP contribution in [0.4, 0.5) is 0 Å². The smallest absolute Gasteiger partial charge is 0.110 e. The van der Waals surface area contributed by atoms with Crippen LogP contribution in [0.15, 0.2) is 18.2 Å². The van der Waals surface area contributed by atoms with Gasteiger partial charge >= 0.3 is 0 Å². The Kier molecular flexibility index (Phi) is 10.8. The van der Waals surface area contributed by atoms with Gasteiger partial charge in [0.2, 0.25) is 0 Å². The van der Waals surface area contributed by atoms with Gasteiger partial charge in [-0.25, -0.2) is 12.2 Å². The maximum Gasteiger partial charge on any atom is 0.110 e. The van der Waals surface area contributed by atoms with Crippen molar-refractivity contribution in [3.63, 3.8) is 0 Å². The Morgan fingerprint density at radius 3 is 2.00 bits per heavy atom. The Morgan fingerprint density at radius 1 is 1.38 bits per heavy atom. The molecule has 0 unspecified atom stereocenters. The second-order valence-corrected chi connectivity index (χ2v) is 2.08. The Morgan fingerprint density at radius 2 is 1.88 bits per heavy atom. The van der Waals surface area contributed by atoms with E-state index in [9.17, 15) is 0 Å². The number of halogens is 2. The summed E-state index contributed by atoms with van der Waals surface area (Å²) in [5.74, 6) is 0. The summed E-state index contributed by atoms with van der Waals surface area (Å²) in [7, 11) is 0. The van der Waals surface area contributed by atoms with E-state index in [0.717, 1.165) is 0 Å². The maximum absolute atomic E-state index is 5.26. The molecule has 0 aliphatic rings. The monoisotopic (exact) mass is 191 g/mol. The van der Waals surface area contributed by atoms with Gasteiger partial charge in [0.15, 0.2) is 0 Å². The normalized spacial score (nSPS) is 9.38. The van der Waals surface area contributed by atoms with Crippen LogP contribution in [-0.4, -0.2) is 4.84 Å². The van der Waals surface area contributed by atoms with E-state index in [4.69, 9.17) is 29.8 Å². The van der Waals surface area contributed by atoms with Crippen LogP contribution in [0.1, 0.15) is 0 Å². The van der Waals surface area contributed by atoms with Gasteiger partial charge in [-0.05, 0) is 0 Å². The standard InChI is InChI=1S/C5H5Cl2.Fe/c1-2-3-4-5(6)7;/h1-5H;/q-1;. The average molecular weight is 192 g/mol. The molecule has 0 atom stereocenters. The Bertz CT molecular complexity index is 78.5. The number of rotatable bonds is 2. The first-order valence-corrected chi connectivity index (χ1v) is 2.64. The van der Waals surface area contributed by atoms with E-state index >= 15 is 0 Å². The van der Waals surface area contributed by atoms with Gasteiger partial charge in [-0.3, -0.25) is 6.58 Å². The van der Waals surface area contributed by atoms with Gasteiger partial charge in [0, 0.05) is 17.1 Å². The molecule has 0 aromatic heterocycles. The first kappa shape index (κ1) is 11.4. The van der Waals surface area contributed by atoms with Crippen LogP contribution in [0.3, 0.4) is 0 Å². The molecule has 0 aromatic rings. The molecule has 0 bridgehead atoms. The molecular weight excluding hydrogens is 187 g/mol. The molecule has 0 heterocycles. The predicted octanol–water partition coefficient (Wildman–Crippen LogP) is 2.33. The third-order valence-corrected chi connectivity index (χ3v) is 0.659. The Balaban J connectivity index is 0. The fourth-order valence-corrected chi connectivity index (χ4v) is 0.316.